The van der Waals surface area contributed by atoms with Gasteiger partial charge in [-0.15, -0.1) is 0 Å². The molecule has 3 aromatic rings. The van der Waals surface area contributed by atoms with E-state index in [0.29, 0.717) is 23.5 Å². The minimum atomic E-state index is -0.665. The lowest BCUT2D eigenvalue weighted by Gasteiger charge is -2.12. The molecule has 1 aliphatic heterocycles. The first-order chi connectivity index (χ1) is 15.9. The number of esters is 2. The number of nitrogens with zero attached hydrogens (tertiary/aromatic N) is 1. The Kier molecular flexibility index (Phi) is 6.51. The molecule has 0 spiro atoms. The SMILES string of the molecule is CCOc1cc(C=C2N=C(c3cccc(F)c3)OC2=O)ccc1OC(=O)c1ccccc1Cl. The van der Waals surface area contributed by atoms with Gasteiger partial charge in [-0.05, 0) is 61.0 Å². The largest absolute Gasteiger partial charge is 0.490 e. The maximum atomic E-state index is 13.5. The van der Waals surface area contributed by atoms with Crippen molar-refractivity contribution in [2.45, 2.75) is 6.92 Å². The molecule has 0 aliphatic carbocycles. The minimum Gasteiger partial charge on any atom is -0.490 e. The van der Waals surface area contributed by atoms with Crippen molar-refractivity contribution in [1.29, 1.82) is 0 Å². The second-order valence-electron chi connectivity index (χ2n) is 6.85. The normalized spacial score (nSPS) is 14.1. The van der Waals surface area contributed by atoms with Gasteiger partial charge < -0.3 is 14.2 Å². The van der Waals surface area contributed by atoms with Crippen LogP contribution in [0.15, 0.2) is 77.4 Å². The summed E-state index contributed by atoms with van der Waals surface area (Å²) in [5.41, 5.74) is 1.18. The molecule has 6 nitrogen and oxygen atoms in total. The van der Waals surface area contributed by atoms with E-state index in [0.717, 1.165) is 0 Å². The second-order valence-corrected chi connectivity index (χ2v) is 7.26. The lowest BCUT2D eigenvalue weighted by molar-refractivity contribution is -0.129. The van der Waals surface area contributed by atoms with E-state index in [4.69, 9.17) is 25.8 Å². The predicted octanol–water partition coefficient (Wildman–Crippen LogP) is 5.44. The molecular weight excluding hydrogens is 449 g/mol. The van der Waals surface area contributed by atoms with Gasteiger partial charge >= 0.3 is 11.9 Å². The van der Waals surface area contributed by atoms with Crippen molar-refractivity contribution in [3.05, 3.63) is 100.0 Å². The molecule has 0 fully saturated rings. The molecule has 0 atom stereocenters. The van der Waals surface area contributed by atoms with Gasteiger partial charge in [0.1, 0.15) is 5.82 Å². The molecule has 4 rings (SSSR count). The van der Waals surface area contributed by atoms with E-state index in [9.17, 15) is 14.0 Å². The van der Waals surface area contributed by atoms with E-state index in [-0.39, 0.29) is 27.9 Å². The van der Waals surface area contributed by atoms with Crippen molar-refractivity contribution in [2.75, 3.05) is 6.61 Å². The molecule has 0 unspecified atom stereocenters. The lowest BCUT2D eigenvalue weighted by atomic mass is 10.1. The van der Waals surface area contributed by atoms with E-state index in [1.807, 2.05) is 0 Å². The summed E-state index contributed by atoms with van der Waals surface area (Å²) in [6.45, 7) is 2.11. The van der Waals surface area contributed by atoms with E-state index >= 15 is 0 Å². The molecule has 0 bridgehead atoms. The zero-order valence-electron chi connectivity index (χ0n) is 17.4. The van der Waals surface area contributed by atoms with Crippen LogP contribution in [0.2, 0.25) is 5.02 Å². The van der Waals surface area contributed by atoms with Crippen molar-refractivity contribution in [1.82, 2.24) is 0 Å². The number of carbonyl (C=O) groups is 2. The molecule has 0 amide bonds. The summed E-state index contributed by atoms with van der Waals surface area (Å²) in [7, 11) is 0. The summed E-state index contributed by atoms with van der Waals surface area (Å²) in [5.74, 6) is -1.25. The van der Waals surface area contributed by atoms with Gasteiger partial charge in [-0.2, -0.15) is 0 Å². The number of aliphatic imine (C=N–C) groups is 1. The monoisotopic (exact) mass is 465 g/mol. The Morgan fingerprint density at radius 3 is 2.67 bits per heavy atom. The summed E-state index contributed by atoms with van der Waals surface area (Å²) in [4.78, 5) is 28.9. The van der Waals surface area contributed by atoms with Gasteiger partial charge in [0.05, 0.1) is 17.2 Å². The third-order valence-corrected chi connectivity index (χ3v) is 4.89. The molecule has 0 saturated heterocycles. The summed E-state index contributed by atoms with van der Waals surface area (Å²) < 4.78 is 29.7. The standard InChI is InChI=1S/C25H17ClFNO5/c1-2-31-22-13-15(10-11-21(22)32-24(29)18-8-3-4-9-19(18)26)12-20-25(30)33-23(28-20)16-6-5-7-17(27)14-16/h3-14H,2H2,1H3. The van der Waals surface area contributed by atoms with Crippen LogP contribution >= 0.6 is 11.6 Å². The van der Waals surface area contributed by atoms with Gasteiger partial charge in [0, 0.05) is 5.56 Å². The number of cyclic esters (lactones) is 1. The highest BCUT2D eigenvalue weighted by molar-refractivity contribution is 6.33. The maximum absolute atomic E-state index is 13.5. The summed E-state index contributed by atoms with van der Waals surface area (Å²) >= 11 is 6.07. The molecule has 1 aliphatic rings. The molecule has 166 valence electrons. The van der Waals surface area contributed by atoms with Gasteiger partial charge in [0.25, 0.3) is 0 Å². The fourth-order valence-electron chi connectivity index (χ4n) is 3.06. The number of hydrogen-bond donors (Lipinski definition) is 0. The first-order valence-corrected chi connectivity index (χ1v) is 10.3. The predicted molar refractivity (Wildman–Crippen MR) is 121 cm³/mol. The van der Waals surface area contributed by atoms with Gasteiger partial charge in [-0.1, -0.05) is 35.9 Å². The molecular formula is C25H17ClFNO5. The first-order valence-electron chi connectivity index (χ1n) is 9.96. The quantitative estimate of drug-likeness (QED) is 0.275. The number of rotatable bonds is 6. The molecule has 1 heterocycles. The molecule has 3 aromatic carbocycles. The van der Waals surface area contributed by atoms with Crippen LogP contribution in [0.1, 0.15) is 28.4 Å². The topological polar surface area (TPSA) is 74.2 Å². The van der Waals surface area contributed by atoms with E-state index in [2.05, 4.69) is 4.99 Å². The van der Waals surface area contributed by atoms with Crippen LogP contribution in [0.25, 0.3) is 6.08 Å². The van der Waals surface area contributed by atoms with E-state index in [1.54, 1.807) is 55.5 Å². The van der Waals surface area contributed by atoms with Crippen molar-refractivity contribution in [2.24, 2.45) is 4.99 Å². The summed E-state index contributed by atoms with van der Waals surface area (Å²) in [5, 5.41) is 0.272. The van der Waals surface area contributed by atoms with Crippen LogP contribution < -0.4 is 9.47 Å². The first kappa shape index (κ1) is 22.2. The molecule has 0 radical (unpaired) electrons. The maximum Gasteiger partial charge on any atom is 0.363 e. The highest BCUT2D eigenvalue weighted by Crippen LogP contribution is 2.31. The Morgan fingerprint density at radius 2 is 1.91 bits per heavy atom. The number of benzene rings is 3. The average molecular weight is 466 g/mol. The lowest BCUT2D eigenvalue weighted by Crippen LogP contribution is -2.10. The third-order valence-electron chi connectivity index (χ3n) is 4.56. The Bertz CT molecular complexity index is 1300. The van der Waals surface area contributed by atoms with Crippen LogP contribution in [-0.4, -0.2) is 24.4 Å². The Hall–Kier alpha value is -3.97. The molecule has 0 saturated carbocycles. The number of ether oxygens (including phenoxy) is 3. The Balaban J connectivity index is 1.61. The second kappa shape index (κ2) is 9.67. The van der Waals surface area contributed by atoms with Crippen LogP contribution in [0, 0.1) is 5.82 Å². The molecule has 33 heavy (non-hydrogen) atoms. The van der Waals surface area contributed by atoms with Crippen molar-refractivity contribution < 1.29 is 28.2 Å². The van der Waals surface area contributed by atoms with Gasteiger partial charge in [0.2, 0.25) is 5.90 Å². The number of halogens is 2. The average Bonchev–Trinajstić information content (AvgIpc) is 3.16. The summed E-state index contributed by atoms with van der Waals surface area (Å²) in [6.07, 6.45) is 1.50. The van der Waals surface area contributed by atoms with Gasteiger partial charge in [0.15, 0.2) is 17.2 Å². The van der Waals surface area contributed by atoms with Gasteiger partial charge in [-0.3, -0.25) is 0 Å². The van der Waals surface area contributed by atoms with Crippen molar-refractivity contribution in [3.8, 4) is 11.5 Å². The molecule has 8 heteroatoms. The Morgan fingerprint density at radius 1 is 1.09 bits per heavy atom. The minimum absolute atomic E-state index is 0.0149. The van der Waals surface area contributed by atoms with E-state index < -0.39 is 17.8 Å². The zero-order chi connectivity index (χ0) is 23.4. The number of hydrogen-bond acceptors (Lipinski definition) is 6. The van der Waals surface area contributed by atoms with Crippen LogP contribution in [0.4, 0.5) is 4.39 Å². The highest BCUT2D eigenvalue weighted by Gasteiger charge is 2.24. The van der Waals surface area contributed by atoms with Gasteiger partial charge in [-0.25, -0.2) is 19.0 Å². The van der Waals surface area contributed by atoms with Crippen LogP contribution in [0.3, 0.4) is 0 Å². The van der Waals surface area contributed by atoms with Crippen LogP contribution in [-0.2, 0) is 9.53 Å². The fraction of sp³-hybridized carbons (Fsp3) is 0.0800. The smallest absolute Gasteiger partial charge is 0.363 e. The molecule has 0 N–H and O–H groups in total. The molecule has 0 aromatic heterocycles. The Labute approximate surface area is 193 Å². The van der Waals surface area contributed by atoms with Crippen molar-refractivity contribution >= 4 is 35.5 Å². The number of carbonyl (C=O) groups excluding carboxylic acids is 2. The summed E-state index contributed by atoms with van der Waals surface area (Å²) in [6, 6.07) is 16.9. The van der Waals surface area contributed by atoms with E-state index in [1.165, 1.54) is 24.3 Å². The van der Waals surface area contributed by atoms with Crippen LogP contribution in [0.5, 0.6) is 11.5 Å². The van der Waals surface area contributed by atoms with Crippen molar-refractivity contribution in [3.63, 3.8) is 0 Å². The zero-order valence-corrected chi connectivity index (χ0v) is 18.1. The third kappa shape index (κ3) is 5.10. The fourth-order valence-corrected chi connectivity index (χ4v) is 3.27. The highest BCUT2D eigenvalue weighted by atomic mass is 35.5.